The molecule has 0 bridgehead atoms. The van der Waals surface area contributed by atoms with E-state index in [0.29, 0.717) is 29.7 Å². The maximum absolute atomic E-state index is 12.0. The number of nitrogens with one attached hydrogen (secondary N) is 1. The highest BCUT2D eigenvalue weighted by Gasteiger charge is 2.27. The molecule has 3 N–H and O–H groups in total. The number of carbonyl (C=O) groups excluding carboxylic acids is 1. The van der Waals surface area contributed by atoms with Crippen molar-refractivity contribution >= 4 is 17.6 Å². The number of carbonyl (C=O) groups is 1. The zero-order valence-corrected chi connectivity index (χ0v) is 12.3. The zero-order valence-electron chi connectivity index (χ0n) is 12.3. The first-order chi connectivity index (χ1) is 9.54. The Kier molecular flexibility index (Phi) is 4.49. The number of hydrogen-bond donors (Lipinski definition) is 2. The Morgan fingerprint density at radius 3 is 2.65 bits per heavy atom. The second-order valence-corrected chi connectivity index (χ2v) is 5.39. The van der Waals surface area contributed by atoms with Gasteiger partial charge in [0.15, 0.2) is 5.82 Å². The van der Waals surface area contributed by atoms with E-state index >= 15 is 0 Å². The maximum Gasteiger partial charge on any atom is 0.345 e. The summed E-state index contributed by atoms with van der Waals surface area (Å²) in [7, 11) is 1.36. The van der Waals surface area contributed by atoms with Crippen molar-refractivity contribution in [1.29, 1.82) is 0 Å². The van der Waals surface area contributed by atoms with Crippen LogP contribution in [0.5, 0.6) is 0 Å². The van der Waals surface area contributed by atoms with Crippen LogP contribution in [0.25, 0.3) is 0 Å². The van der Waals surface area contributed by atoms with Crippen molar-refractivity contribution in [3.8, 4) is 0 Å². The third-order valence-corrected chi connectivity index (χ3v) is 3.32. The van der Waals surface area contributed by atoms with E-state index < -0.39 is 5.97 Å². The molecular weight excluding hydrogens is 258 g/mol. The number of anilines is 2. The number of ether oxygens (including phenoxy) is 1. The topological polar surface area (TPSA) is 85.4 Å². The molecule has 1 aromatic heterocycles. The monoisotopic (exact) mass is 281 g/mol. The Balaban J connectivity index is 2.39. The van der Waals surface area contributed by atoms with Crippen molar-refractivity contribution in [2.75, 3.05) is 43.9 Å². The van der Waals surface area contributed by atoms with Gasteiger partial charge in [-0.2, -0.15) is 5.10 Å². The molecule has 7 nitrogen and oxygen atoms in total. The predicted molar refractivity (Wildman–Crippen MR) is 77.9 cm³/mol. The highest BCUT2D eigenvalue weighted by molar-refractivity contribution is 5.99. The molecule has 0 radical (unpaired) electrons. The van der Waals surface area contributed by atoms with Gasteiger partial charge in [0.05, 0.1) is 7.11 Å². The molecule has 112 valence electrons. The van der Waals surface area contributed by atoms with Gasteiger partial charge < -0.3 is 20.7 Å². The molecular formula is C13H23N5O2. The fraction of sp³-hybridized carbons (Fsp3) is 0.692. The van der Waals surface area contributed by atoms with Gasteiger partial charge in [-0.05, 0) is 5.92 Å². The van der Waals surface area contributed by atoms with E-state index in [0.717, 1.165) is 26.2 Å². The van der Waals surface area contributed by atoms with Crippen LogP contribution in [-0.4, -0.2) is 49.0 Å². The first kappa shape index (κ1) is 14.6. The minimum atomic E-state index is -0.425. The lowest BCUT2D eigenvalue weighted by molar-refractivity contribution is 0.0602. The van der Waals surface area contributed by atoms with Crippen molar-refractivity contribution in [2.24, 2.45) is 5.92 Å². The smallest absolute Gasteiger partial charge is 0.345 e. The first-order valence-corrected chi connectivity index (χ1v) is 6.94. The number of esters is 1. The fourth-order valence-electron chi connectivity index (χ4n) is 2.34. The van der Waals surface area contributed by atoms with E-state index in [9.17, 15) is 4.79 Å². The number of nitrogens with two attached hydrogens (primary N) is 1. The Bertz CT molecular complexity index is 477. The average molecular weight is 281 g/mol. The maximum atomic E-state index is 12.0. The third-order valence-electron chi connectivity index (χ3n) is 3.32. The Labute approximate surface area is 119 Å². The Hall–Kier alpha value is -1.76. The van der Waals surface area contributed by atoms with Crippen LogP contribution in [0, 0.1) is 5.92 Å². The van der Waals surface area contributed by atoms with Crippen molar-refractivity contribution in [2.45, 2.75) is 20.4 Å². The summed E-state index contributed by atoms with van der Waals surface area (Å²) in [5.74, 6) is 1.00. The first-order valence-electron chi connectivity index (χ1n) is 6.94. The second kappa shape index (κ2) is 6.13. The molecule has 0 unspecified atom stereocenters. The molecule has 0 saturated carbocycles. The van der Waals surface area contributed by atoms with Gasteiger partial charge in [-0.3, -0.25) is 0 Å². The number of nitrogens with zero attached hydrogens (tertiary/aromatic N) is 3. The summed E-state index contributed by atoms with van der Waals surface area (Å²) in [4.78, 5) is 14.1. The largest absolute Gasteiger partial charge is 0.465 e. The molecule has 0 spiro atoms. The van der Waals surface area contributed by atoms with Crippen LogP contribution in [0.4, 0.5) is 11.6 Å². The van der Waals surface area contributed by atoms with E-state index in [4.69, 9.17) is 10.5 Å². The van der Waals surface area contributed by atoms with Crippen LogP contribution >= 0.6 is 0 Å². The summed E-state index contributed by atoms with van der Waals surface area (Å²) in [6.45, 7) is 8.22. The van der Waals surface area contributed by atoms with Crippen molar-refractivity contribution < 1.29 is 9.53 Å². The molecule has 7 heteroatoms. The van der Waals surface area contributed by atoms with Crippen LogP contribution in [0.2, 0.25) is 0 Å². The van der Waals surface area contributed by atoms with Crippen molar-refractivity contribution in [3.63, 3.8) is 0 Å². The van der Waals surface area contributed by atoms with Gasteiger partial charge in [0, 0.05) is 32.7 Å². The molecule has 0 amide bonds. The van der Waals surface area contributed by atoms with E-state index in [1.165, 1.54) is 7.11 Å². The van der Waals surface area contributed by atoms with E-state index in [1.807, 2.05) is 0 Å². The van der Waals surface area contributed by atoms with E-state index in [2.05, 4.69) is 29.2 Å². The van der Waals surface area contributed by atoms with E-state index in [1.54, 1.807) is 4.68 Å². The van der Waals surface area contributed by atoms with Crippen LogP contribution in [0.1, 0.15) is 24.2 Å². The van der Waals surface area contributed by atoms with Crippen LogP contribution < -0.4 is 16.0 Å². The highest BCUT2D eigenvalue weighted by Crippen LogP contribution is 2.27. The lowest BCUT2D eigenvalue weighted by Gasteiger charge is -2.27. The summed E-state index contributed by atoms with van der Waals surface area (Å²) in [6.07, 6.45) is 0. The molecule has 2 heterocycles. The number of aromatic nitrogens is 2. The molecule has 0 aliphatic carbocycles. The van der Waals surface area contributed by atoms with Gasteiger partial charge in [0.2, 0.25) is 0 Å². The number of hydrogen-bond acceptors (Lipinski definition) is 6. The summed E-state index contributed by atoms with van der Waals surface area (Å²) >= 11 is 0. The summed E-state index contributed by atoms with van der Waals surface area (Å²) in [6, 6.07) is 0. The third kappa shape index (κ3) is 2.87. The Morgan fingerprint density at radius 1 is 1.45 bits per heavy atom. The van der Waals surface area contributed by atoms with Gasteiger partial charge in [0.25, 0.3) is 0 Å². The summed E-state index contributed by atoms with van der Waals surface area (Å²) < 4.78 is 6.55. The quantitative estimate of drug-likeness (QED) is 0.773. The molecule has 1 saturated heterocycles. The highest BCUT2D eigenvalue weighted by atomic mass is 16.5. The fourth-order valence-corrected chi connectivity index (χ4v) is 2.34. The molecule has 1 fully saturated rings. The van der Waals surface area contributed by atoms with Crippen LogP contribution in [0.3, 0.4) is 0 Å². The van der Waals surface area contributed by atoms with Gasteiger partial charge in [0.1, 0.15) is 11.4 Å². The van der Waals surface area contributed by atoms with Gasteiger partial charge in [-0.15, -0.1) is 0 Å². The number of piperazine rings is 1. The average Bonchev–Trinajstić information content (AvgIpc) is 2.76. The lowest BCUT2D eigenvalue weighted by Crippen LogP contribution is -2.44. The van der Waals surface area contributed by atoms with Gasteiger partial charge >= 0.3 is 5.97 Å². The van der Waals surface area contributed by atoms with Crippen LogP contribution in [0.15, 0.2) is 0 Å². The normalized spacial score (nSPS) is 15.7. The van der Waals surface area contributed by atoms with Crippen LogP contribution in [-0.2, 0) is 11.3 Å². The minimum absolute atomic E-state index is 0.384. The molecule has 2 rings (SSSR count). The van der Waals surface area contributed by atoms with Gasteiger partial charge in [-0.25, -0.2) is 9.48 Å². The van der Waals surface area contributed by atoms with Crippen molar-refractivity contribution in [3.05, 3.63) is 5.56 Å². The molecule has 1 aromatic rings. The molecule has 20 heavy (non-hydrogen) atoms. The minimum Gasteiger partial charge on any atom is -0.465 e. The zero-order chi connectivity index (χ0) is 14.7. The molecule has 0 atom stereocenters. The van der Waals surface area contributed by atoms with E-state index in [-0.39, 0.29) is 0 Å². The summed E-state index contributed by atoms with van der Waals surface area (Å²) in [5, 5.41) is 7.81. The molecule has 1 aliphatic heterocycles. The second-order valence-electron chi connectivity index (χ2n) is 5.39. The Morgan fingerprint density at radius 2 is 2.10 bits per heavy atom. The molecule has 1 aliphatic rings. The SMILES string of the molecule is COC(=O)c1c(N2CCNCC2)nn(CC(C)C)c1N. The lowest BCUT2D eigenvalue weighted by atomic mass is 10.2. The van der Waals surface area contributed by atoms with Gasteiger partial charge in [-0.1, -0.05) is 13.8 Å². The number of nitrogen functional groups attached to an aromatic ring is 1. The standard InChI is InChI=1S/C13H23N5O2/c1-9(2)8-18-11(14)10(13(19)20-3)12(16-18)17-6-4-15-5-7-17/h9,15H,4-8,14H2,1-3H3. The summed E-state index contributed by atoms with van der Waals surface area (Å²) in [5.41, 5.74) is 6.48. The number of methoxy groups -OCH3 is 1. The number of rotatable bonds is 4. The predicted octanol–water partition coefficient (Wildman–Crippen LogP) is 0.318. The van der Waals surface area contributed by atoms with Crippen molar-refractivity contribution in [1.82, 2.24) is 15.1 Å². The molecule has 0 aromatic carbocycles.